The van der Waals surface area contributed by atoms with Crippen molar-refractivity contribution in [2.24, 2.45) is 11.8 Å². The van der Waals surface area contributed by atoms with E-state index in [4.69, 9.17) is 39.1 Å². The van der Waals surface area contributed by atoms with Crippen LogP contribution in [0.25, 0.3) is 0 Å². The maximum Gasteiger partial charge on any atom is 0.294 e. The molecule has 0 spiro atoms. The molecule has 0 aromatic heterocycles. The van der Waals surface area contributed by atoms with Crippen molar-refractivity contribution in [3.63, 3.8) is 0 Å². The number of rotatable bonds is 17. The summed E-state index contributed by atoms with van der Waals surface area (Å²) in [6.07, 6.45) is 19.4. The van der Waals surface area contributed by atoms with Gasteiger partial charge >= 0.3 is 0 Å². The Morgan fingerprint density at radius 3 is 2.26 bits per heavy atom. The zero-order valence-corrected chi connectivity index (χ0v) is 34.1. The number of hydrogen-bond acceptors (Lipinski definition) is 8. The van der Waals surface area contributed by atoms with Gasteiger partial charge < -0.3 is 28.1 Å². The van der Waals surface area contributed by atoms with Gasteiger partial charge in [-0.25, -0.2) is 0 Å². The minimum absolute atomic E-state index is 0.0205. The lowest BCUT2D eigenvalue weighted by molar-refractivity contribution is -0.201. The summed E-state index contributed by atoms with van der Waals surface area (Å²) < 4.78 is 68.7. The number of benzene rings is 2. The van der Waals surface area contributed by atoms with Crippen LogP contribution in [0.15, 0.2) is 71.3 Å². The van der Waals surface area contributed by atoms with Crippen LogP contribution in [0.3, 0.4) is 0 Å². The number of terminal acetylenes is 1. The van der Waals surface area contributed by atoms with E-state index >= 15 is 0 Å². The third-order valence-corrected chi connectivity index (χ3v) is 13.6. The highest BCUT2D eigenvalue weighted by molar-refractivity contribution is 7.85. The molecule has 0 bridgehead atoms. The molecule has 3 aliphatic rings. The average Bonchev–Trinajstić information content (AvgIpc) is 3.47. The van der Waals surface area contributed by atoms with E-state index < -0.39 is 18.4 Å². The number of ether oxygens (including phenoxy) is 5. The van der Waals surface area contributed by atoms with Crippen molar-refractivity contribution < 1.29 is 41.1 Å². The van der Waals surface area contributed by atoms with Gasteiger partial charge in [0.2, 0.25) is 0 Å². The number of unbranched alkanes of at least 4 members (excludes halogenated alkanes) is 1. The summed E-state index contributed by atoms with van der Waals surface area (Å²) in [5, 5.41) is 0. The van der Waals surface area contributed by atoms with Crippen LogP contribution in [0.2, 0.25) is 19.1 Å². The molecule has 2 saturated heterocycles. The largest absolute Gasteiger partial charge is 0.493 e. The lowest BCUT2D eigenvalue weighted by Gasteiger charge is -2.35. The zero-order chi connectivity index (χ0) is 38.1. The second kappa shape index (κ2) is 22.0. The molecule has 6 atom stereocenters. The van der Waals surface area contributed by atoms with E-state index in [-0.39, 0.29) is 41.5 Å². The monoisotopic (exact) mass is 770 g/mol. The van der Waals surface area contributed by atoms with Crippen molar-refractivity contribution >= 4 is 18.4 Å². The topological polar surface area (TPSA) is 110 Å². The molecule has 294 valence electrons. The van der Waals surface area contributed by atoms with E-state index in [0.29, 0.717) is 18.6 Å². The molecular formula is C42H62O9SSi. The fraction of sp³-hybridized carbons (Fsp3) is 0.619. The van der Waals surface area contributed by atoms with E-state index in [0.717, 1.165) is 88.6 Å². The Hall–Kier alpha value is -2.69. The van der Waals surface area contributed by atoms with Crippen LogP contribution in [0.4, 0.5) is 0 Å². The first-order valence-corrected chi connectivity index (χ1v) is 24.1. The molecule has 3 fully saturated rings. The van der Waals surface area contributed by atoms with Crippen molar-refractivity contribution in [2.45, 2.75) is 140 Å². The highest BCUT2D eigenvalue weighted by atomic mass is 32.2. The van der Waals surface area contributed by atoms with Crippen LogP contribution in [0.5, 0.6) is 5.75 Å². The summed E-state index contributed by atoms with van der Waals surface area (Å²) >= 11 is 0. The third-order valence-electron chi connectivity index (χ3n) is 10.1. The van der Waals surface area contributed by atoms with Crippen LogP contribution in [-0.2, 0) is 33.5 Å². The quantitative estimate of drug-likeness (QED) is 0.0553. The van der Waals surface area contributed by atoms with Crippen molar-refractivity contribution in [3.05, 3.63) is 72.0 Å². The first kappa shape index (κ1) is 43.0. The average molecular weight is 771 g/mol. The predicted molar refractivity (Wildman–Crippen MR) is 211 cm³/mol. The van der Waals surface area contributed by atoms with E-state index in [1.807, 2.05) is 30.3 Å². The summed E-state index contributed by atoms with van der Waals surface area (Å²) in [4.78, 5) is -0.0278. The summed E-state index contributed by atoms with van der Waals surface area (Å²) in [6.45, 7) is 10.7. The molecule has 2 heterocycles. The highest BCUT2D eigenvalue weighted by Gasteiger charge is 2.49. The molecule has 11 heteroatoms. The fourth-order valence-electron chi connectivity index (χ4n) is 7.39. The first-order chi connectivity index (χ1) is 25.5. The van der Waals surface area contributed by atoms with Crippen molar-refractivity contribution in [1.29, 1.82) is 0 Å². The van der Waals surface area contributed by atoms with Crippen LogP contribution in [-0.4, -0.2) is 65.9 Å². The zero-order valence-electron chi connectivity index (χ0n) is 32.3. The molecule has 53 heavy (non-hydrogen) atoms. The van der Waals surface area contributed by atoms with Crippen LogP contribution in [0.1, 0.15) is 89.5 Å². The van der Waals surface area contributed by atoms with Crippen molar-refractivity contribution in [2.75, 3.05) is 19.8 Å². The van der Waals surface area contributed by atoms with Gasteiger partial charge in [0.15, 0.2) is 20.9 Å². The van der Waals surface area contributed by atoms with Gasteiger partial charge in [-0.15, -0.1) is 12.3 Å². The van der Waals surface area contributed by atoms with E-state index in [2.05, 4.69) is 32.0 Å². The number of aryl methyl sites for hydroxylation is 1. The van der Waals surface area contributed by atoms with Gasteiger partial charge in [0.25, 0.3) is 10.1 Å². The lowest BCUT2D eigenvalue weighted by Crippen LogP contribution is -2.38. The Morgan fingerprint density at radius 1 is 0.981 bits per heavy atom. The molecule has 2 unspecified atom stereocenters. The first-order valence-electron chi connectivity index (χ1n) is 19.6. The third kappa shape index (κ3) is 14.5. The minimum atomic E-state index is -4.03. The molecule has 0 radical (unpaired) electrons. The molecule has 2 aliphatic heterocycles. The molecule has 2 aromatic rings. The molecule has 1 aliphatic carbocycles. The summed E-state index contributed by atoms with van der Waals surface area (Å²) in [6, 6.07) is 17.4. The van der Waals surface area contributed by atoms with Gasteiger partial charge in [-0.3, -0.25) is 4.55 Å². The SMILES string of the molecule is C#CCC[C@H]1[C@H](/C(=C\CCOc2ccccc2)OC2CCCCO2)[C@@H](OC2CCCCO2)C[C@H]1O[Si](C)(C)CCCC.Cc1ccccc1S(=O)(=O)O. The lowest BCUT2D eigenvalue weighted by atomic mass is 9.87. The normalized spacial score (nSPS) is 25.2. The highest BCUT2D eigenvalue weighted by Crippen LogP contribution is 2.46. The summed E-state index contributed by atoms with van der Waals surface area (Å²) in [5.74, 6) is 4.95. The van der Waals surface area contributed by atoms with Gasteiger partial charge in [0.05, 0.1) is 30.3 Å². The molecule has 1 saturated carbocycles. The Bertz CT molecular complexity index is 1530. The van der Waals surface area contributed by atoms with E-state index in [9.17, 15) is 8.42 Å². The summed E-state index contributed by atoms with van der Waals surface area (Å²) in [7, 11) is -5.90. The smallest absolute Gasteiger partial charge is 0.294 e. The number of hydrogen-bond donors (Lipinski definition) is 1. The Balaban J connectivity index is 0.000000488. The van der Waals surface area contributed by atoms with Crippen LogP contribution >= 0.6 is 0 Å². The van der Waals surface area contributed by atoms with Crippen molar-refractivity contribution in [1.82, 2.24) is 0 Å². The molecule has 0 amide bonds. The second-order valence-corrected chi connectivity index (χ2v) is 20.5. The number of para-hydroxylation sites is 1. The Morgan fingerprint density at radius 2 is 1.66 bits per heavy atom. The van der Waals surface area contributed by atoms with Gasteiger partial charge in [-0.05, 0) is 107 Å². The Labute approximate surface area is 320 Å². The van der Waals surface area contributed by atoms with Gasteiger partial charge in [-0.1, -0.05) is 56.2 Å². The Kier molecular flexibility index (Phi) is 17.9. The predicted octanol–water partition coefficient (Wildman–Crippen LogP) is 9.48. The van der Waals surface area contributed by atoms with Gasteiger partial charge in [-0.2, -0.15) is 8.42 Å². The standard InChI is InChI=1S/C35H54O6Si.C7H8O3S/c1-5-7-19-29-31(41-42(3,4)26-8-6-2)27-32(40-34-22-13-15-24-38-34)35(29)30(39-33-21-12-14-23-37-33)20-16-25-36-28-17-10-9-11-18-28;1-6-4-2-3-5-7(6)11(8,9)10/h1,9-11,17-18,20,29,31-35H,6-8,12-16,19,21-27H2,2-4H3;2-5H,1H3,(H,8,9,10)/b30-20+;/t29-,31-,32+,33?,34?,35-;/m1./s1. The molecule has 2 aromatic carbocycles. The maximum atomic E-state index is 10.6. The minimum Gasteiger partial charge on any atom is -0.493 e. The van der Waals surface area contributed by atoms with E-state index in [1.54, 1.807) is 25.1 Å². The van der Waals surface area contributed by atoms with Gasteiger partial charge in [0.1, 0.15) is 11.5 Å². The fourth-order valence-corrected chi connectivity index (χ4v) is 10.5. The maximum absolute atomic E-state index is 10.6. The van der Waals surface area contributed by atoms with Crippen LogP contribution in [0, 0.1) is 31.1 Å². The molecule has 1 N–H and O–H groups in total. The molecule has 9 nitrogen and oxygen atoms in total. The second-order valence-electron chi connectivity index (χ2n) is 14.9. The van der Waals surface area contributed by atoms with Gasteiger partial charge in [0, 0.05) is 31.8 Å². The summed E-state index contributed by atoms with van der Waals surface area (Å²) in [5.41, 5.74) is 0.551. The molecular weight excluding hydrogens is 709 g/mol. The van der Waals surface area contributed by atoms with Crippen molar-refractivity contribution in [3.8, 4) is 18.1 Å². The molecule has 5 rings (SSSR count). The van der Waals surface area contributed by atoms with E-state index in [1.165, 1.54) is 18.9 Å². The van der Waals surface area contributed by atoms with Crippen LogP contribution < -0.4 is 4.74 Å².